The van der Waals surface area contributed by atoms with Gasteiger partial charge in [-0.3, -0.25) is 19.8 Å². The largest absolute Gasteiger partial charge is 0.495 e. The molecule has 0 spiro atoms. The number of benzene rings is 1. The first-order valence-electron chi connectivity index (χ1n) is 9.04. The summed E-state index contributed by atoms with van der Waals surface area (Å²) in [7, 11) is 1.46. The predicted molar refractivity (Wildman–Crippen MR) is 107 cm³/mol. The van der Waals surface area contributed by atoms with Crippen molar-refractivity contribution in [1.29, 1.82) is 0 Å². The van der Waals surface area contributed by atoms with E-state index < -0.39 is 4.92 Å². The van der Waals surface area contributed by atoms with Crippen molar-refractivity contribution in [2.75, 3.05) is 32.1 Å². The average Bonchev–Trinajstić information content (AvgIpc) is 3.35. The number of non-ortho nitro benzene ring substituents is 1. The van der Waals surface area contributed by atoms with Gasteiger partial charge < -0.3 is 14.8 Å². The van der Waals surface area contributed by atoms with Gasteiger partial charge >= 0.3 is 0 Å². The fourth-order valence-electron chi connectivity index (χ4n) is 3.18. The van der Waals surface area contributed by atoms with Crippen LogP contribution in [0.4, 0.5) is 11.4 Å². The maximum absolute atomic E-state index is 12.7. The van der Waals surface area contributed by atoms with Crippen molar-refractivity contribution in [2.45, 2.75) is 25.5 Å². The van der Waals surface area contributed by atoms with Gasteiger partial charge in [0.05, 0.1) is 30.4 Å². The van der Waals surface area contributed by atoms with Gasteiger partial charge in [-0.1, -0.05) is 6.07 Å². The molecule has 0 unspecified atom stereocenters. The van der Waals surface area contributed by atoms with Gasteiger partial charge in [0.15, 0.2) is 0 Å². The highest BCUT2D eigenvalue weighted by atomic mass is 32.1. The van der Waals surface area contributed by atoms with E-state index in [1.807, 2.05) is 22.4 Å². The first-order chi connectivity index (χ1) is 13.5. The van der Waals surface area contributed by atoms with Gasteiger partial charge in [-0.15, -0.1) is 11.3 Å². The van der Waals surface area contributed by atoms with Gasteiger partial charge in [0.1, 0.15) is 5.75 Å². The Balaban J connectivity index is 1.68. The van der Waals surface area contributed by atoms with Crippen molar-refractivity contribution < 1.29 is 19.2 Å². The molecule has 1 saturated heterocycles. The third-order valence-corrected chi connectivity index (χ3v) is 5.34. The SMILES string of the molecule is COc1ccc([N+](=O)[O-])cc1NC(=O)CN(Cc1cccs1)C[C@@H]1CCCO1. The summed E-state index contributed by atoms with van der Waals surface area (Å²) in [5.74, 6) is 0.122. The molecule has 1 aliphatic heterocycles. The molecule has 0 aliphatic carbocycles. The topological polar surface area (TPSA) is 93.9 Å². The van der Waals surface area contributed by atoms with Gasteiger partial charge in [-0.05, 0) is 30.4 Å². The predicted octanol–water partition coefficient (Wildman–Crippen LogP) is 3.28. The van der Waals surface area contributed by atoms with E-state index in [-0.39, 0.29) is 29.9 Å². The molecule has 3 rings (SSSR count). The van der Waals surface area contributed by atoms with E-state index in [9.17, 15) is 14.9 Å². The third kappa shape index (κ3) is 5.51. The lowest BCUT2D eigenvalue weighted by Crippen LogP contribution is -2.37. The normalized spacial score (nSPS) is 16.3. The third-order valence-electron chi connectivity index (χ3n) is 4.48. The molecule has 1 aromatic carbocycles. The Morgan fingerprint density at radius 3 is 2.96 bits per heavy atom. The Morgan fingerprint density at radius 1 is 1.46 bits per heavy atom. The van der Waals surface area contributed by atoms with Crippen LogP contribution in [0, 0.1) is 10.1 Å². The number of nitro benzene ring substituents is 1. The maximum Gasteiger partial charge on any atom is 0.271 e. The standard InChI is InChI=1S/C19H23N3O5S/c1-26-18-7-6-14(22(24)25)10-17(18)20-19(23)13-21(11-15-4-2-8-27-15)12-16-5-3-9-28-16/h3,5-7,9-10,15H,2,4,8,11-13H2,1H3,(H,20,23)/t15-/m0/s1. The molecule has 2 aromatic rings. The minimum Gasteiger partial charge on any atom is -0.495 e. The van der Waals surface area contributed by atoms with E-state index >= 15 is 0 Å². The fourth-order valence-corrected chi connectivity index (χ4v) is 3.93. The summed E-state index contributed by atoms with van der Waals surface area (Å²) >= 11 is 1.64. The number of nitrogens with one attached hydrogen (secondary N) is 1. The molecular weight excluding hydrogens is 382 g/mol. The van der Waals surface area contributed by atoms with Crippen molar-refractivity contribution in [2.24, 2.45) is 0 Å². The Bertz CT molecular complexity index is 806. The second-order valence-electron chi connectivity index (χ2n) is 6.57. The van der Waals surface area contributed by atoms with E-state index in [1.165, 1.54) is 30.2 Å². The monoisotopic (exact) mass is 405 g/mol. The highest BCUT2D eigenvalue weighted by Crippen LogP contribution is 2.29. The summed E-state index contributed by atoms with van der Waals surface area (Å²) in [6, 6.07) is 8.14. The summed E-state index contributed by atoms with van der Waals surface area (Å²) in [4.78, 5) is 26.4. The molecule has 0 saturated carbocycles. The van der Waals surface area contributed by atoms with Crippen LogP contribution in [0.1, 0.15) is 17.7 Å². The number of carbonyl (C=O) groups excluding carboxylic acids is 1. The van der Waals surface area contributed by atoms with Crippen LogP contribution in [-0.2, 0) is 16.1 Å². The summed E-state index contributed by atoms with van der Waals surface area (Å²) in [5.41, 5.74) is 0.181. The fraction of sp³-hybridized carbons (Fsp3) is 0.421. The zero-order valence-corrected chi connectivity index (χ0v) is 16.4. The quantitative estimate of drug-likeness (QED) is 0.508. The summed E-state index contributed by atoms with van der Waals surface area (Å²) in [5, 5.41) is 15.8. The van der Waals surface area contributed by atoms with Gasteiger partial charge in [-0.25, -0.2) is 0 Å². The Hall–Kier alpha value is -2.49. The molecule has 150 valence electrons. The smallest absolute Gasteiger partial charge is 0.271 e. The van der Waals surface area contributed by atoms with Crippen LogP contribution >= 0.6 is 11.3 Å². The molecule has 1 atom stereocenters. The lowest BCUT2D eigenvalue weighted by atomic mass is 10.2. The van der Waals surface area contributed by atoms with E-state index in [0.29, 0.717) is 18.8 Å². The molecule has 1 aromatic heterocycles. The molecule has 1 amide bonds. The second-order valence-corrected chi connectivity index (χ2v) is 7.61. The first kappa shape index (κ1) is 20.2. The van der Waals surface area contributed by atoms with Crippen molar-refractivity contribution in [3.8, 4) is 5.75 Å². The number of carbonyl (C=O) groups is 1. The molecule has 1 N–H and O–H groups in total. The van der Waals surface area contributed by atoms with Crippen LogP contribution in [-0.4, -0.2) is 48.6 Å². The van der Waals surface area contributed by atoms with Crippen LogP contribution in [0.2, 0.25) is 0 Å². The summed E-state index contributed by atoms with van der Waals surface area (Å²) < 4.78 is 10.9. The van der Waals surface area contributed by atoms with Crippen LogP contribution in [0.25, 0.3) is 0 Å². The molecule has 2 heterocycles. The number of nitrogens with zero attached hydrogens (tertiary/aromatic N) is 2. The van der Waals surface area contributed by atoms with Crippen molar-refractivity contribution >= 4 is 28.6 Å². The van der Waals surface area contributed by atoms with E-state index in [1.54, 1.807) is 11.3 Å². The highest BCUT2D eigenvalue weighted by molar-refractivity contribution is 7.09. The Labute approximate surface area is 167 Å². The van der Waals surface area contributed by atoms with Crippen LogP contribution in [0.15, 0.2) is 35.7 Å². The number of ether oxygens (including phenoxy) is 2. The minimum absolute atomic E-state index is 0.106. The summed E-state index contributed by atoms with van der Waals surface area (Å²) in [6.07, 6.45) is 2.15. The van der Waals surface area contributed by atoms with Gasteiger partial charge in [0.25, 0.3) is 5.69 Å². The first-order valence-corrected chi connectivity index (χ1v) is 9.91. The number of hydrogen-bond acceptors (Lipinski definition) is 7. The molecular formula is C19H23N3O5S. The number of hydrogen-bond donors (Lipinski definition) is 1. The van der Waals surface area contributed by atoms with Crippen LogP contribution < -0.4 is 10.1 Å². The highest BCUT2D eigenvalue weighted by Gasteiger charge is 2.22. The van der Waals surface area contributed by atoms with Gasteiger partial charge in [0.2, 0.25) is 5.91 Å². The number of methoxy groups -OCH3 is 1. The number of nitro groups is 1. The number of thiophene rings is 1. The molecule has 8 nitrogen and oxygen atoms in total. The zero-order chi connectivity index (χ0) is 19.9. The van der Waals surface area contributed by atoms with Crippen LogP contribution in [0.3, 0.4) is 0 Å². The number of anilines is 1. The number of rotatable bonds is 9. The van der Waals surface area contributed by atoms with E-state index in [0.717, 1.165) is 19.4 Å². The molecule has 0 radical (unpaired) electrons. The number of amides is 1. The van der Waals surface area contributed by atoms with E-state index in [4.69, 9.17) is 9.47 Å². The van der Waals surface area contributed by atoms with Gasteiger partial charge in [0, 0.05) is 36.7 Å². The van der Waals surface area contributed by atoms with E-state index in [2.05, 4.69) is 5.32 Å². The molecule has 28 heavy (non-hydrogen) atoms. The summed E-state index contributed by atoms with van der Waals surface area (Å²) in [6.45, 7) is 2.23. The van der Waals surface area contributed by atoms with Gasteiger partial charge in [-0.2, -0.15) is 0 Å². The second kappa shape index (κ2) is 9.63. The van der Waals surface area contributed by atoms with Crippen molar-refractivity contribution in [3.05, 3.63) is 50.7 Å². The molecule has 0 bridgehead atoms. The van der Waals surface area contributed by atoms with Crippen molar-refractivity contribution in [1.82, 2.24) is 4.90 Å². The lowest BCUT2D eigenvalue weighted by molar-refractivity contribution is -0.384. The minimum atomic E-state index is -0.504. The zero-order valence-electron chi connectivity index (χ0n) is 15.6. The average molecular weight is 405 g/mol. The Kier molecular flexibility index (Phi) is 6.96. The maximum atomic E-state index is 12.7. The molecule has 1 aliphatic rings. The van der Waals surface area contributed by atoms with Crippen LogP contribution in [0.5, 0.6) is 5.75 Å². The van der Waals surface area contributed by atoms with Crippen molar-refractivity contribution in [3.63, 3.8) is 0 Å². The Morgan fingerprint density at radius 2 is 2.32 bits per heavy atom. The molecule has 9 heteroatoms. The molecule has 1 fully saturated rings. The lowest BCUT2D eigenvalue weighted by Gasteiger charge is -2.24.